The first-order valence-corrected chi connectivity index (χ1v) is 9.73. The number of non-ortho nitro benzene ring substituents is 1. The molecule has 0 saturated heterocycles. The first kappa shape index (κ1) is 22.8. The van der Waals surface area contributed by atoms with E-state index >= 15 is 0 Å². The molecule has 12 heteroatoms. The van der Waals surface area contributed by atoms with Gasteiger partial charge in [0.1, 0.15) is 0 Å². The maximum atomic E-state index is 12.9. The standard InChI is InChI=1S/C23H13N3O9/c27-19(24-14-7-12(22(30)31)6-13(8-14)23(32)33)11-4-5-17-18(9-11)21(29)25(20(17)28)15-2-1-3-16(10-15)26(34)35/h1-10H,(H,24,27)(H,30,31)(H,32,33)/p-2. The Kier molecular flexibility index (Phi) is 5.54. The fourth-order valence-electron chi connectivity index (χ4n) is 3.50. The van der Waals surface area contributed by atoms with Crippen LogP contribution in [0.25, 0.3) is 0 Å². The van der Waals surface area contributed by atoms with E-state index in [9.17, 15) is 44.3 Å². The molecule has 35 heavy (non-hydrogen) atoms. The van der Waals surface area contributed by atoms with Crippen molar-refractivity contribution in [1.82, 2.24) is 0 Å². The van der Waals surface area contributed by atoms with Gasteiger partial charge in [0.05, 0.1) is 33.7 Å². The van der Waals surface area contributed by atoms with Gasteiger partial charge in [-0.25, -0.2) is 4.90 Å². The summed E-state index contributed by atoms with van der Waals surface area (Å²) in [7, 11) is 0. The Morgan fingerprint density at radius 1 is 0.771 bits per heavy atom. The maximum absolute atomic E-state index is 12.9. The zero-order chi connectivity index (χ0) is 25.4. The van der Waals surface area contributed by atoms with Crippen LogP contribution in [0, 0.1) is 10.1 Å². The van der Waals surface area contributed by atoms with Crippen LogP contribution in [0.3, 0.4) is 0 Å². The van der Waals surface area contributed by atoms with Gasteiger partial charge in [0.25, 0.3) is 23.4 Å². The number of carboxylic acids is 2. The molecule has 4 rings (SSSR count). The van der Waals surface area contributed by atoms with Gasteiger partial charge in [0.2, 0.25) is 0 Å². The summed E-state index contributed by atoms with van der Waals surface area (Å²) >= 11 is 0. The normalized spacial score (nSPS) is 12.3. The van der Waals surface area contributed by atoms with E-state index in [1.807, 2.05) is 0 Å². The number of carbonyl (C=O) groups excluding carboxylic acids is 5. The minimum absolute atomic E-state index is 0.0229. The van der Waals surface area contributed by atoms with Crippen LogP contribution in [0.4, 0.5) is 17.1 Å². The Labute approximate surface area is 195 Å². The van der Waals surface area contributed by atoms with E-state index in [4.69, 9.17) is 0 Å². The topological polar surface area (TPSA) is 190 Å². The van der Waals surface area contributed by atoms with Gasteiger partial charge in [-0.2, -0.15) is 0 Å². The lowest BCUT2D eigenvalue weighted by atomic mass is 10.0. The number of carboxylic acid groups (broad SMARTS) is 2. The number of anilines is 2. The largest absolute Gasteiger partial charge is 0.545 e. The van der Waals surface area contributed by atoms with Crippen molar-refractivity contribution in [1.29, 1.82) is 0 Å². The summed E-state index contributed by atoms with van der Waals surface area (Å²) in [6.45, 7) is 0. The Hall–Kier alpha value is -5.39. The van der Waals surface area contributed by atoms with E-state index in [1.165, 1.54) is 30.3 Å². The number of nitrogens with zero attached hydrogens (tertiary/aromatic N) is 2. The van der Waals surface area contributed by atoms with Crippen molar-refractivity contribution in [3.8, 4) is 0 Å². The smallest absolute Gasteiger partial charge is 0.271 e. The molecule has 1 N–H and O–H groups in total. The molecule has 1 aliphatic rings. The van der Waals surface area contributed by atoms with Crippen molar-refractivity contribution in [3.63, 3.8) is 0 Å². The van der Waals surface area contributed by atoms with Crippen molar-refractivity contribution in [2.45, 2.75) is 0 Å². The van der Waals surface area contributed by atoms with Gasteiger partial charge in [-0.05, 0) is 53.6 Å². The number of amides is 3. The van der Waals surface area contributed by atoms with Gasteiger partial charge in [-0.15, -0.1) is 0 Å². The van der Waals surface area contributed by atoms with Crippen molar-refractivity contribution in [2.24, 2.45) is 0 Å². The summed E-state index contributed by atoms with van der Waals surface area (Å²) in [6, 6.07) is 11.3. The van der Waals surface area contributed by atoms with Crippen LogP contribution in [0.15, 0.2) is 60.7 Å². The van der Waals surface area contributed by atoms with Crippen molar-refractivity contribution < 1.29 is 39.1 Å². The van der Waals surface area contributed by atoms with Crippen LogP contribution in [-0.4, -0.2) is 34.6 Å². The second-order valence-electron chi connectivity index (χ2n) is 7.31. The second-order valence-corrected chi connectivity index (χ2v) is 7.31. The first-order valence-electron chi connectivity index (χ1n) is 9.73. The molecule has 174 valence electrons. The number of fused-ring (bicyclic) bond motifs is 1. The minimum atomic E-state index is -1.67. The highest BCUT2D eigenvalue weighted by Crippen LogP contribution is 2.31. The van der Waals surface area contributed by atoms with Crippen LogP contribution in [0.1, 0.15) is 51.8 Å². The number of carbonyl (C=O) groups is 5. The first-order chi connectivity index (χ1) is 16.6. The predicted molar refractivity (Wildman–Crippen MR) is 114 cm³/mol. The van der Waals surface area contributed by atoms with E-state index in [0.717, 1.165) is 35.2 Å². The summed E-state index contributed by atoms with van der Waals surface area (Å²) < 4.78 is 0. The minimum Gasteiger partial charge on any atom is -0.545 e. The number of imide groups is 1. The highest BCUT2D eigenvalue weighted by molar-refractivity contribution is 6.34. The van der Waals surface area contributed by atoms with Crippen LogP contribution < -0.4 is 20.4 Å². The zero-order valence-corrected chi connectivity index (χ0v) is 17.3. The molecule has 0 unspecified atom stereocenters. The molecule has 0 fully saturated rings. The number of benzene rings is 3. The molecule has 0 bridgehead atoms. The number of nitrogens with one attached hydrogen (secondary N) is 1. The third kappa shape index (κ3) is 4.18. The molecule has 0 atom stereocenters. The summed E-state index contributed by atoms with van der Waals surface area (Å²) in [5, 5.41) is 35.6. The number of rotatable bonds is 6. The Bertz CT molecular complexity index is 1450. The Morgan fingerprint density at radius 3 is 2.00 bits per heavy atom. The molecule has 1 heterocycles. The molecule has 0 aromatic heterocycles. The van der Waals surface area contributed by atoms with Gasteiger partial charge < -0.3 is 25.1 Å². The fraction of sp³-hybridized carbons (Fsp3) is 0. The average Bonchev–Trinajstić information content (AvgIpc) is 3.08. The summed E-state index contributed by atoms with van der Waals surface area (Å²) in [4.78, 5) is 71.8. The van der Waals surface area contributed by atoms with E-state index in [0.29, 0.717) is 0 Å². The molecular formula is C23H11N3O9-2. The Balaban J connectivity index is 1.64. The van der Waals surface area contributed by atoms with Crippen LogP contribution in [0.2, 0.25) is 0 Å². The van der Waals surface area contributed by atoms with Crippen LogP contribution in [-0.2, 0) is 0 Å². The van der Waals surface area contributed by atoms with Crippen molar-refractivity contribution >= 4 is 46.7 Å². The lowest BCUT2D eigenvalue weighted by Crippen LogP contribution is -2.29. The highest BCUT2D eigenvalue weighted by Gasteiger charge is 2.37. The average molecular weight is 473 g/mol. The molecule has 3 amide bonds. The molecule has 0 spiro atoms. The summed E-state index contributed by atoms with van der Waals surface area (Å²) in [5.74, 6) is -5.73. The molecule has 3 aromatic rings. The number of hydrogen-bond donors (Lipinski definition) is 1. The maximum Gasteiger partial charge on any atom is 0.271 e. The van der Waals surface area contributed by atoms with Gasteiger partial charge in [-0.1, -0.05) is 6.07 Å². The lowest BCUT2D eigenvalue weighted by molar-refractivity contribution is -0.384. The number of hydrogen-bond acceptors (Lipinski definition) is 9. The predicted octanol–water partition coefficient (Wildman–Crippen LogP) is 0.375. The quantitative estimate of drug-likeness (QED) is 0.299. The Morgan fingerprint density at radius 2 is 1.40 bits per heavy atom. The van der Waals surface area contributed by atoms with Gasteiger partial charge >= 0.3 is 0 Å². The van der Waals surface area contributed by atoms with Crippen LogP contribution in [0.5, 0.6) is 0 Å². The molecule has 12 nitrogen and oxygen atoms in total. The van der Waals surface area contributed by atoms with Crippen molar-refractivity contribution in [3.05, 3.63) is 98.6 Å². The monoisotopic (exact) mass is 473 g/mol. The van der Waals surface area contributed by atoms with Gasteiger partial charge in [-0.3, -0.25) is 24.5 Å². The third-order valence-electron chi connectivity index (χ3n) is 5.11. The lowest BCUT2D eigenvalue weighted by Gasteiger charge is -2.13. The van der Waals surface area contributed by atoms with Gasteiger partial charge in [0.15, 0.2) is 0 Å². The highest BCUT2D eigenvalue weighted by atomic mass is 16.6. The molecule has 0 saturated carbocycles. The van der Waals surface area contributed by atoms with E-state index < -0.39 is 45.7 Å². The molecular weight excluding hydrogens is 462 g/mol. The molecule has 3 aromatic carbocycles. The zero-order valence-electron chi connectivity index (χ0n) is 17.3. The molecule has 0 aliphatic carbocycles. The van der Waals surface area contributed by atoms with Crippen LogP contribution >= 0.6 is 0 Å². The summed E-state index contributed by atoms with van der Waals surface area (Å²) in [5.41, 5.74) is -1.81. The number of aromatic carboxylic acids is 2. The second kappa shape index (κ2) is 8.51. The van der Waals surface area contributed by atoms with Gasteiger partial charge in [0, 0.05) is 23.4 Å². The summed E-state index contributed by atoms with van der Waals surface area (Å²) in [6.07, 6.45) is 0. The molecule has 0 radical (unpaired) electrons. The van der Waals surface area contributed by atoms with E-state index in [2.05, 4.69) is 5.32 Å². The SMILES string of the molecule is O=C([O-])c1cc(NC(=O)c2ccc3c(c2)C(=O)N(c2cccc([N+](=O)[O-])c2)C3=O)cc(C(=O)[O-])c1. The van der Waals surface area contributed by atoms with E-state index in [-0.39, 0.29) is 33.8 Å². The number of nitro groups is 1. The van der Waals surface area contributed by atoms with Crippen molar-refractivity contribution in [2.75, 3.05) is 10.2 Å². The fourth-order valence-corrected chi connectivity index (χ4v) is 3.50. The van der Waals surface area contributed by atoms with E-state index in [1.54, 1.807) is 0 Å². The third-order valence-corrected chi connectivity index (χ3v) is 5.11. The number of nitro benzene ring substituents is 1. The molecule has 1 aliphatic heterocycles.